The van der Waals surface area contributed by atoms with E-state index in [1.54, 1.807) is 19.1 Å². The maximum Gasteiger partial charge on any atom is 0.349 e. The number of fused-ring (bicyclic) bond motifs is 1. The van der Waals surface area contributed by atoms with E-state index in [0.29, 0.717) is 16.6 Å². The first-order valence-corrected chi connectivity index (χ1v) is 9.25. The number of hydrogen-bond acceptors (Lipinski definition) is 7. The average Bonchev–Trinajstić information content (AvgIpc) is 2.91. The molecule has 0 N–H and O–H groups in total. The minimum absolute atomic E-state index is 0.0106. The number of para-hydroxylation sites is 1. The molecular weight excluding hydrogens is 324 g/mol. The fourth-order valence-corrected chi connectivity index (χ4v) is 3.58. The molecule has 1 unspecified atom stereocenters. The molecule has 0 aliphatic carbocycles. The van der Waals surface area contributed by atoms with Crippen LogP contribution in [0.4, 0.5) is 0 Å². The van der Waals surface area contributed by atoms with Gasteiger partial charge in [-0.3, -0.25) is 0 Å². The Balaban J connectivity index is 1.82. The predicted octanol–water partition coefficient (Wildman–Crippen LogP) is 2.18. The minimum Gasteiger partial charge on any atom is -0.470 e. The zero-order chi connectivity index (χ0) is 15.7. The van der Waals surface area contributed by atoms with Crippen LogP contribution in [-0.2, 0) is 16.5 Å². The van der Waals surface area contributed by atoms with Crippen molar-refractivity contribution in [3.05, 3.63) is 41.6 Å². The highest BCUT2D eigenvalue weighted by Gasteiger charge is 2.36. The highest BCUT2D eigenvalue weighted by Crippen LogP contribution is 2.31. The highest BCUT2D eigenvalue weighted by molar-refractivity contribution is 7.98. The summed E-state index contributed by atoms with van der Waals surface area (Å²) in [6.45, 7) is 1.75. The van der Waals surface area contributed by atoms with Crippen LogP contribution < -0.4 is 8.92 Å². The van der Waals surface area contributed by atoms with Crippen LogP contribution in [0, 0.1) is 6.92 Å². The summed E-state index contributed by atoms with van der Waals surface area (Å²) >= 11 is 1.32. The van der Waals surface area contributed by atoms with Gasteiger partial charge in [-0.1, -0.05) is 30.0 Å². The minimum atomic E-state index is -3.94. The average molecular weight is 338 g/mol. The van der Waals surface area contributed by atoms with Crippen LogP contribution in [0.3, 0.4) is 0 Å². The maximum absolute atomic E-state index is 12.4. The quantitative estimate of drug-likeness (QED) is 0.480. The first-order valence-electron chi connectivity index (χ1n) is 6.55. The molecule has 0 amide bonds. The second-order valence-corrected chi connectivity index (χ2v) is 7.22. The molecular formula is C14H14N2O4S2. The summed E-state index contributed by atoms with van der Waals surface area (Å²) in [4.78, 5) is 8.21. The van der Waals surface area contributed by atoms with Crippen LogP contribution in [0.2, 0.25) is 0 Å². The summed E-state index contributed by atoms with van der Waals surface area (Å²) in [6, 6.07) is 8.71. The highest BCUT2D eigenvalue weighted by atomic mass is 32.2. The van der Waals surface area contributed by atoms with Gasteiger partial charge in [-0.05, 0) is 24.8 Å². The van der Waals surface area contributed by atoms with Gasteiger partial charge in [0, 0.05) is 18.2 Å². The molecule has 1 aromatic carbocycles. The number of nitrogens with zero attached hydrogens (tertiary/aromatic N) is 2. The molecule has 2 heterocycles. The topological polar surface area (TPSA) is 78.4 Å². The van der Waals surface area contributed by atoms with E-state index >= 15 is 0 Å². The van der Waals surface area contributed by atoms with E-state index in [9.17, 15) is 8.42 Å². The Hall–Kier alpha value is -1.80. The molecule has 22 heavy (non-hydrogen) atoms. The molecule has 0 bridgehead atoms. The SMILES string of the molecule is CSc1nc(C)cc(OS(=O)(=O)C2Cc3ccccc3O2)n1. The summed E-state index contributed by atoms with van der Waals surface area (Å²) in [5.41, 5.74) is 0.432. The first kappa shape index (κ1) is 15.1. The molecule has 0 radical (unpaired) electrons. The molecule has 2 aromatic rings. The van der Waals surface area contributed by atoms with Crippen molar-refractivity contribution in [3.8, 4) is 11.6 Å². The maximum atomic E-state index is 12.4. The van der Waals surface area contributed by atoms with Gasteiger partial charge >= 0.3 is 10.1 Å². The molecule has 116 valence electrons. The van der Waals surface area contributed by atoms with Gasteiger partial charge in [0.15, 0.2) is 5.16 Å². The van der Waals surface area contributed by atoms with Gasteiger partial charge in [0.25, 0.3) is 0 Å². The fourth-order valence-electron chi connectivity index (χ4n) is 2.13. The summed E-state index contributed by atoms with van der Waals surface area (Å²) in [5.74, 6) is 0.583. The normalized spacial score (nSPS) is 16.9. The third-order valence-corrected chi connectivity index (χ3v) is 4.99. The molecule has 8 heteroatoms. The molecule has 1 aliphatic heterocycles. The smallest absolute Gasteiger partial charge is 0.349 e. The van der Waals surface area contributed by atoms with Gasteiger partial charge in [-0.2, -0.15) is 13.4 Å². The molecule has 1 aromatic heterocycles. The number of aromatic nitrogens is 2. The Labute approximate surface area is 133 Å². The Kier molecular flexibility index (Phi) is 3.96. The van der Waals surface area contributed by atoms with Crippen molar-refractivity contribution in [3.63, 3.8) is 0 Å². The Morgan fingerprint density at radius 1 is 1.32 bits per heavy atom. The molecule has 3 rings (SSSR count). The van der Waals surface area contributed by atoms with Crippen LogP contribution in [-0.4, -0.2) is 30.1 Å². The molecule has 6 nitrogen and oxygen atoms in total. The first-order chi connectivity index (χ1) is 10.5. The number of rotatable bonds is 4. The third kappa shape index (κ3) is 3.02. The van der Waals surface area contributed by atoms with E-state index in [0.717, 1.165) is 5.56 Å². The van der Waals surface area contributed by atoms with E-state index in [1.165, 1.54) is 17.8 Å². The van der Waals surface area contributed by atoms with Crippen molar-refractivity contribution in [2.24, 2.45) is 0 Å². The van der Waals surface area contributed by atoms with E-state index in [1.807, 2.05) is 18.4 Å². The number of ether oxygens (including phenoxy) is 1. The Morgan fingerprint density at radius 3 is 2.82 bits per heavy atom. The summed E-state index contributed by atoms with van der Waals surface area (Å²) in [7, 11) is -3.94. The van der Waals surface area contributed by atoms with Crippen LogP contribution in [0.5, 0.6) is 11.6 Å². The van der Waals surface area contributed by atoms with E-state index < -0.39 is 15.6 Å². The predicted molar refractivity (Wildman–Crippen MR) is 82.7 cm³/mol. The molecule has 0 saturated heterocycles. The van der Waals surface area contributed by atoms with Crippen molar-refractivity contribution < 1.29 is 17.3 Å². The van der Waals surface area contributed by atoms with Crippen molar-refractivity contribution in [2.75, 3.05) is 6.26 Å². The van der Waals surface area contributed by atoms with Crippen LogP contribution >= 0.6 is 11.8 Å². The van der Waals surface area contributed by atoms with Crippen LogP contribution in [0.25, 0.3) is 0 Å². The number of benzene rings is 1. The molecule has 0 spiro atoms. The van der Waals surface area contributed by atoms with Crippen molar-refractivity contribution in [1.82, 2.24) is 9.97 Å². The molecule has 0 saturated carbocycles. The van der Waals surface area contributed by atoms with Gasteiger partial charge in [0.2, 0.25) is 11.3 Å². The van der Waals surface area contributed by atoms with Crippen molar-refractivity contribution in [1.29, 1.82) is 0 Å². The van der Waals surface area contributed by atoms with Gasteiger partial charge in [-0.25, -0.2) is 4.98 Å². The number of aryl methyl sites for hydroxylation is 1. The second kappa shape index (κ2) is 5.77. The summed E-state index contributed by atoms with van der Waals surface area (Å²) in [6.07, 6.45) is 2.07. The third-order valence-electron chi connectivity index (χ3n) is 3.13. The van der Waals surface area contributed by atoms with Gasteiger partial charge in [-0.15, -0.1) is 0 Å². The molecule has 1 aliphatic rings. The molecule has 0 fully saturated rings. The Morgan fingerprint density at radius 2 is 2.09 bits per heavy atom. The van der Waals surface area contributed by atoms with Gasteiger partial charge < -0.3 is 8.92 Å². The largest absolute Gasteiger partial charge is 0.470 e. The lowest BCUT2D eigenvalue weighted by molar-refractivity contribution is 0.287. The summed E-state index contributed by atoms with van der Waals surface area (Å²) < 4.78 is 35.3. The zero-order valence-electron chi connectivity index (χ0n) is 12.0. The van der Waals surface area contributed by atoms with E-state index in [2.05, 4.69) is 9.97 Å². The van der Waals surface area contributed by atoms with Crippen molar-refractivity contribution in [2.45, 2.75) is 23.9 Å². The molecule has 1 atom stereocenters. The van der Waals surface area contributed by atoms with Crippen LogP contribution in [0.15, 0.2) is 35.5 Å². The van der Waals surface area contributed by atoms with Crippen LogP contribution in [0.1, 0.15) is 11.3 Å². The number of thioether (sulfide) groups is 1. The lowest BCUT2D eigenvalue weighted by atomic mass is 10.2. The number of hydrogen-bond donors (Lipinski definition) is 0. The van der Waals surface area contributed by atoms with E-state index in [4.69, 9.17) is 8.92 Å². The Bertz CT molecular complexity index is 783. The van der Waals surface area contributed by atoms with Gasteiger partial charge in [0.1, 0.15) is 5.75 Å². The summed E-state index contributed by atoms with van der Waals surface area (Å²) in [5, 5.41) is 0.459. The van der Waals surface area contributed by atoms with Crippen molar-refractivity contribution >= 4 is 21.9 Å². The lowest BCUT2D eigenvalue weighted by Crippen LogP contribution is -2.30. The van der Waals surface area contributed by atoms with E-state index in [-0.39, 0.29) is 12.3 Å². The monoisotopic (exact) mass is 338 g/mol. The second-order valence-electron chi connectivity index (χ2n) is 4.77. The lowest BCUT2D eigenvalue weighted by Gasteiger charge is -2.12. The fraction of sp³-hybridized carbons (Fsp3) is 0.286. The zero-order valence-corrected chi connectivity index (χ0v) is 13.6. The standard InChI is InChI=1S/C14H14N2O4S2/c1-9-7-12(16-14(15-9)21-2)20-22(17,18)13-8-10-5-3-4-6-11(10)19-13/h3-7,13H,8H2,1-2H3. The van der Waals surface area contributed by atoms with Gasteiger partial charge in [0.05, 0.1) is 0 Å².